The molecule has 36 heavy (non-hydrogen) atoms. The van der Waals surface area contributed by atoms with Crippen LogP contribution in [0.4, 0.5) is 11.5 Å². The van der Waals surface area contributed by atoms with Gasteiger partial charge in [0.05, 0.1) is 16.1 Å². The first-order chi connectivity index (χ1) is 17.6. The lowest BCUT2D eigenvalue weighted by molar-refractivity contribution is 0.649. The van der Waals surface area contributed by atoms with Crippen molar-refractivity contribution in [2.24, 2.45) is 0 Å². The van der Waals surface area contributed by atoms with Gasteiger partial charge in [-0.25, -0.2) is 9.97 Å². The predicted molar refractivity (Wildman–Crippen MR) is 150 cm³/mol. The van der Waals surface area contributed by atoms with Crippen LogP contribution in [0.1, 0.15) is 5.56 Å². The summed E-state index contributed by atoms with van der Waals surface area (Å²) in [5, 5.41) is 2.57. The van der Waals surface area contributed by atoms with E-state index in [9.17, 15) is 0 Å². The summed E-state index contributed by atoms with van der Waals surface area (Å²) in [7, 11) is 0. The third kappa shape index (κ3) is 4.08. The number of hydrogen-bond acceptors (Lipinski definition) is 4. The summed E-state index contributed by atoms with van der Waals surface area (Å²) in [5.41, 5.74) is 6.21. The molecule has 2 aromatic heterocycles. The van der Waals surface area contributed by atoms with E-state index in [0.29, 0.717) is 0 Å². The number of halogens is 2. The minimum absolute atomic E-state index is 0.737. The zero-order valence-electron chi connectivity index (χ0n) is 19.9. The summed E-state index contributed by atoms with van der Waals surface area (Å²) in [6.45, 7) is 5.42. The standard InChI is InChI=1S/C29H25Cl2N5/c1-20-11-12-22(17-25(20)31)36-18-23(21-7-3-2-4-8-21)27-28(32-19-33-29(27)36)35-15-13-34(14-16-35)26-10-6-5-9-24(26)30/h2-12,17-19H,13-16H2,1H3. The van der Waals surface area contributed by atoms with Crippen molar-refractivity contribution in [2.45, 2.75) is 6.92 Å². The van der Waals surface area contributed by atoms with Crippen LogP contribution >= 0.6 is 23.2 Å². The maximum absolute atomic E-state index is 6.50. The number of aryl methyl sites for hydroxylation is 1. The Morgan fingerprint density at radius 2 is 1.47 bits per heavy atom. The molecule has 5 nitrogen and oxygen atoms in total. The van der Waals surface area contributed by atoms with Gasteiger partial charge in [0.2, 0.25) is 0 Å². The van der Waals surface area contributed by atoms with Crippen LogP contribution < -0.4 is 9.80 Å². The number of para-hydroxylation sites is 1. The Kier molecular flexibility index (Phi) is 6.04. The highest BCUT2D eigenvalue weighted by Gasteiger charge is 2.25. The van der Waals surface area contributed by atoms with Crippen molar-refractivity contribution in [3.8, 4) is 16.8 Å². The minimum Gasteiger partial charge on any atom is -0.367 e. The van der Waals surface area contributed by atoms with Crippen molar-refractivity contribution in [3.05, 3.63) is 101 Å². The molecule has 0 radical (unpaired) electrons. The molecule has 0 bridgehead atoms. The van der Waals surface area contributed by atoms with E-state index in [0.717, 1.165) is 81.1 Å². The Morgan fingerprint density at radius 3 is 2.22 bits per heavy atom. The van der Waals surface area contributed by atoms with Gasteiger partial charge in [0.1, 0.15) is 12.1 Å². The summed E-state index contributed by atoms with van der Waals surface area (Å²) in [4.78, 5) is 14.2. The Hall–Kier alpha value is -3.54. The Labute approximate surface area is 220 Å². The molecule has 3 heterocycles. The molecule has 3 aromatic carbocycles. The van der Waals surface area contributed by atoms with Crippen LogP contribution in [0.5, 0.6) is 0 Å². The van der Waals surface area contributed by atoms with E-state index < -0.39 is 0 Å². The van der Waals surface area contributed by atoms with Crippen molar-refractivity contribution < 1.29 is 0 Å². The molecule has 7 heteroatoms. The SMILES string of the molecule is Cc1ccc(-n2cc(-c3ccccc3)c3c(N4CCN(c5ccccc5Cl)CC4)ncnc32)cc1Cl. The molecule has 0 saturated carbocycles. The van der Waals surface area contributed by atoms with Crippen molar-refractivity contribution in [3.63, 3.8) is 0 Å². The van der Waals surface area contributed by atoms with Crippen molar-refractivity contribution in [2.75, 3.05) is 36.0 Å². The van der Waals surface area contributed by atoms with Gasteiger partial charge in [-0.1, -0.05) is 71.7 Å². The van der Waals surface area contributed by atoms with Gasteiger partial charge in [0.15, 0.2) is 5.65 Å². The first-order valence-electron chi connectivity index (χ1n) is 12.0. The van der Waals surface area contributed by atoms with Crippen LogP contribution in [0.2, 0.25) is 10.0 Å². The van der Waals surface area contributed by atoms with Gasteiger partial charge in [0.25, 0.3) is 0 Å². The third-order valence-corrected chi connectivity index (χ3v) is 7.58. The molecule has 1 aliphatic rings. The van der Waals surface area contributed by atoms with Crippen molar-refractivity contribution >= 4 is 45.7 Å². The van der Waals surface area contributed by atoms with Crippen LogP contribution in [-0.4, -0.2) is 40.7 Å². The third-order valence-electron chi connectivity index (χ3n) is 6.85. The second-order valence-electron chi connectivity index (χ2n) is 9.03. The lowest BCUT2D eigenvalue weighted by Gasteiger charge is -2.37. The van der Waals surface area contributed by atoms with E-state index in [-0.39, 0.29) is 0 Å². The lowest BCUT2D eigenvalue weighted by atomic mass is 10.1. The van der Waals surface area contributed by atoms with Crippen LogP contribution in [0.15, 0.2) is 85.3 Å². The molecule has 0 atom stereocenters. The Balaban J connectivity index is 1.44. The van der Waals surface area contributed by atoms with Crippen molar-refractivity contribution in [1.82, 2.24) is 14.5 Å². The molecular formula is C29H25Cl2N5. The number of rotatable bonds is 4. The minimum atomic E-state index is 0.737. The second kappa shape index (κ2) is 9.49. The largest absolute Gasteiger partial charge is 0.367 e. The van der Waals surface area contributed by atoms with Gasteiger partial charge >= 0.3 is 0 Å². The van der Waals surface area contributed by atoms with E-state index in [1.807, 2.05) is 43.3 Å². The number of aromatic nitrogens is 3. The smallest absolute Gasteiger partial charge is 0.150 e. The Morgan fingerprint density at radius 1 is 0.750 bits per heavy atom. The summed E-state index contributed by atoms with van der Waals surface area (Å²) < 4.78 is 2.12. The molecular weight excluding hydrogens is 489 g/mol. The summed E-state index contributed by atoms with van der Waals surface area (Å²) in [6, 6.07) is 24.6. The van der Waals surface area contributed by atoms with Crippen LogP contribution in [0, 0.1) is 6.92 Å². The Bertz CT molecular complexity index is 1540. The average Bonchev–Trinajstić information content (AvgIpc) is 3.31. The first kappa shape index (κ1) is 22.9. The maximum Gasteiger partial charge on any atom is 0.150 e. The van der Waals surface area contributed by atoms with Gasteiger partial charge in [-0.05, 0) is 42.3 Å². The maximum atomic E-state index is 6.50. The van der Waals surface area contributed by atoms with Gasteiger partial charge < -0.3 is 14.4 Å². The van der Waals surface area contributed by atoms with Gasteiger partial charge in [-0.15, -0.1) is 0 Å². The molecule has 1 aliphatic heterocycles. The molecule has 0 spiro atoms. The number of benzene rings is 3. The monoisotopic (exact) mass is 513 g/mol. The van der Waals surface area contributed by atoms with Crippen molar-refractivity contribution in [1.29, 1.82) is 0 Å². The van der Waals surface area contributed by atoms with Gasteiger partial charge in [-0.2, -0.15) is 0 Å². The molecule has 0 aliphatic carbocycles. The molecule has 6 rings (SSSR count). The highest BCUT2D eigenvalue weighted by atomic mass is 35.5. The number of anilines is 2. The van der Waals surface area contributed by atoms with E-state index >= 15 is 0 Å². The second-order valence-corrected chi connectivity index (χ2v) is 9.85. The number of piperazine rings is 1. The molecule has 180 valence electrons. The lowest BCUT2D eigenvalue weighted by Crippen LogP contribution is -2.47. The number of fused-ring (bicyclic) bond motifs is 1. The fourth-order valence-electron chi connectivity index (χ4n) is 4.92. The molecule has 5 aromatic rings. The van der Waals surface area contributed by atoms with E-state index in [2.05, 4.69) is 57.0 Å². The number of nitrogens with zero attached hydrogens (tertiary/aromatic N) is 5. The average molecular weight is 514 g/mol. The van der Waals surface area contributed by atoms with Gasteiger partial charge in [-0.3, -0.25) is 0 Å². The highest BCUT2D eigenvalue weighted by Crippen LogP contribution is 2.38. The fraction of sp³-hybridized carbons (Fsp3) is 0.172. The summed E-state index contributed by atoms with van der Waals surface area (Å²) in [5.74, 6) is 0.953. The normalized spacial score (nSPS) is 14.0. The topological polar surface area (TPSA) is 37.2 Å². The summed E-state index contributed by atoms with van der Waals surface area (Å²) in [6.07, 6.45) is 3.82. The van der Waals surface area contributed by atoms with E-state index in [4.69, 9.17) is 33.2 Å². The quantitative estimate of drug-likeness (QED) is 0.258. The molecule has 0 N–H and O–H groups in total. The zero-order chi connectivity index (χ0) is 24.6. The fourth-order valence-corrected chi connectivity index (χ4v) is 5.35. The summed E-state index contributed by atoms with van der Waals surface area (Å²) >= 11 is 13.0. The number of hydrogen-bond donors (Lipinski definition) is 0. The highest BCUT2D eigenvalue weighted by molar-refractivity contribution is 6.33. The molecule has 1 fully saturated rings. The molecule has 0 unspecified atom stereocenters. The molecule has 0 amide bonds. The zero-order valence-corrected chi connectivity index (χ0v) is 21.4. The first-order valence-corrected chi connectivity index (χ1v) is 12.8. The van der Waals surface area contributed by atoms with E-state index in [1.54, 1.807) is 6.33 Å². The van der Waals surface area contributed by atoms with Crippen LogP contribution in [0.25, 0.3) is 27.8 Å². The van der Waals surface area contributed by atoms with E-state index in [1.165, 1.54) is 0 Å². The molecule has 1 saturated heterocycles. The predicted octanol–water partition coefficient (Wildman–Crippen LogP) is 7.03. The van der Waals surface area contributed by atoms with Crippen LogP contribution in [-0.2, 0) is 0 Å². The van der Waals surface area contributed by atoms with Crippen LogP contribution in [0.3, 0.4) is 0 Å². The van der Waals surface area contributed by atoms with Gasteiger partial charge in [0, 0.05) is 48.6 Å².